The van der Waals surface area contributed by atoms with E-state index >= 15 is 0 Å². The fourth-order valence-electron chi connectivity index (χ4n) is 1.43. The molecule has 16 heavy (non-hydrogen) atoms. The van der Waals surface area contributed by atoms with Gasteiger partial charge in [-0.25, -0.2) is 0 Å². The molecule has 0 aliphatic carbocycles. The summed E-state index contributed by atoms with van der Waals surface area (Å²) < 4.78 is 10.6. The third-order valence-electron chi connectivity index (χ3n) is 2.39. The van der Waals surface area contributed by atoms with Crippen LogP contribution in [0.25, 0.3) is 10.4 Å². The van der Waals surface area contributed by atoms with Crippen molar-refractivity contribution in [1.82, 2.24) is 0 Å². The van der Waals surface area contributed by atoms with Gasteiger partial charge in [-0.3, -0.25) is 0 Å². The van der Waals surface area contributed by atoms with Crippen molar-refractivity contribution in [2.24, 2.45) is 5.11 Å². The Morgan fingerprint density at radius 1 is 1.50 bits per heavy atom. The van der Waals surface area contributed by atoms with Gasteiger partial charge in [0.15, 0.2) is 0 Å². The van der Waals surface area contributed by atoms with Crippen LogP contribution in [0.2, 0.25) is 0 Å². The lowest BCUT2D eigenvalue weighted by Gasteiger charge is -2.08. The molecule has 2 rings (SSSR count). The highest BCUT2D eigenvalue weighted by Crippen LogP contribution is 2.18. The van der Waals surface area contributed by atoms with Crippen LogP contribution in [-0.4, -0.2) is 25.4 Å². The summed E-state index contributed by atoms with van der Waals surface area (Å²) in [6, 6.07) is 9.69. The summed E-state index contributed by atoms with van der Waals surface area (Å²) in [6.07, 6.45) is 0.0478. The normalized spacial score (nSPS) is 19.9. The molecule has 1 heterocycles. The first-order valence-electron chi connectivity index (χ1n) is 5.17. The maximum absolute atomic E-state index is 8.38. The van der Waals surface area contributed by atoms with Gasteiger partial charge in [0.25, 0.3) is 0 Å². The van der Waals surface area contributed by atoms with Crippen LogP contribution in [0.4, 0.5) is 0 Å². The topological polar surface area (TPSA) is 70.5 Å². The quantitative estimate of drug-likeness (QED) is 0.318. The van der Waals surface area contributed by atoms with E-state index in [9.17, 15) is 0 Å². The molecule has 0 radical (unpaired) electrons. The first-order valence-corrected chi connectivity index (χ1v) is 5.17. The number of benzene rings is 1. The van der Waals surface area contributed by atoms with Crippen molar-refractivity contribution >= 4 is 0 Å². The summed E-state index contributed by atoms with van der Waals surface area (Å²) in [6.45, 7) is 1.60. The minimum absolute atomic E-state index is 0.0478. The van der Waals surface area contributed by atoms with Gasteiger partial charge in [0.2, 0.25) is 0 Å². The SMILES string of the molecule is [N-]=[N+]=N[C@H](COCc1ccccc1)[C@H]1CO1. The molecule has 1 aliphatic heterocycles. The summed E-state index contributed by atoms with van der Waals surface area (Å²) in [5, 5.41) is 3.65. The number of nitrogens with zero attached hydrogens (tertiary/aromatic N) is 3. The van der Waals surface area contributed by atoms with Gasteiger partial charge in [-0.1, -0.05) is 35.4 Å². The van der Waals surface area contributed by atoms with Crippen molar-refractivity contribution in [3.05, 3.63) is 46.3 Å². The number of azide groups is 1. The fourth-order valence-corrected chi connectivity index (χ4v) is 1.43. The molecule has 0 amide bonds. The average molecular weight is 219 g/mol. The smallest absolute Gasteiger partial charge is 0.0916 e. The summed E-state index contributed by atoms with van der Waals surface area (Å²) in [5.41, 5.74) is 9.49. The zero-order valence-electron chi connectivity index (χ0n) is 8.82. The molecule has 1 aromatic rings. The van der Waals surface area contributed by atoms with Crippen LogP contribution in [0.5, 0.6) is 0 Å². The highest BCUT2D eigenvalue weighted by atomic mass is 16.6. The lowest BCUT2D eigenvalue weighted by Crippen LogP contribution is -2.19. The number of hydrogen-bond acceptors (Lipinski definition) is 3. The van der Waals surface area contributed by atoms with Gasteiger partial charge < -0.3 is 9.47 Å². The fraction of sp³-hybridized carbons (Fsp3) is 0.455. The van der Waals surface area contributed by atoms with Crippen LogP contribution in [0.15, 0.2) is 35.4 Å². The van der Waals surface area contributed by atoms with Gasteiger partial charge in [0.1, 0.15) is 0 Å². The molecule has 0 aromatic heterocycles. The second kappa shape index (κ2) is 5.51. The monoisotopic (exact) mass is 219 g/mol. The standard InChI is InChI=1S/C11H13N3O2/c12-14-13-10(11-8-16-11)7-15-6-9-4-2-1-3-5-9/h1-5,10-11H,6-8H2/t10-,11-/m1/s1. The second-order valence-electron chi connectivity index (χ2n) is 3.64. The Morgan fingerprint density at radius 2 is 2.25 bits per heavy atom. The van der Waals surface area contributed by atoms with Gasteiger partial charge in [-0.15, -0.1) is 0 Å². The van der Waals surface area contributed by atoms with Crippen LogP contribution in [0.3, 0.4) is 0 Å². The first kappa shape index (κ1) is 11.0. The number of hydrogen-bond donors (Lipinski definition) is 0. The lowest BCUT2D eigenvalue weighted by atomic mass is 10.2. The molecular weight excluding hydrogens is 206 g/mol. The third-order valence-corrected chi connectivity index (χ3v) is 2.39. The Balaban J connectivity index is 1.76. The van der Waals surface area contributed by atoms with E-state index in [2.05, 4.69) is 10.0 Å². The Labute approximate surface area is 93.6 Å². The van der Waals surface area contributed by atoms with Crippen molar-refractivity contribution in [3.8, 4) is 0 Å². The van der Waals surface area contributed by atoms with Crippen molar-refractivity contribution < 1.29 is 9.47 Å². The zero-order valence-corrected chi connectivity index (χ0v) is 8.82. The van der Waals surface area contributed by atoms with E-state index < -0.39 is 0 Å². The van der Waals surface area contributed by atoms with Crippen molar-refractivity contribution in [1.29, 1.82) is 0 Å². The molecule has 0 N–H and O–H groups in total. The summed E-state index contributed by atoms with van der Waals surface area (Å²) >= 11 is 0. The molecule has 5 nitrogen and oxygen atoms in total. The van der Waals surface area contributed by atoms with E-state index in [0.717, 1.165) is 5.56 Å². The Bertz CT molecular complexity index is 372. The van der Waals surface area contributed by atoms with E-state index in [0.29, 0.717) is 19.8 Å². The number of ether oxygens (including phenoxy) is 2. The number of rotatable bonds is 6. The van der Waals surface area contributed by atoms with Gasteiger partial charge in [-0.05, 0) is 11.1 Å². The molecule has 0 saturated carbocycles. The predicted molar refractivity (Wildman–Crippen MR) is 58.8 cm³/mol. The van der Waals surface area contributed by atoms with E-state index in [1.165, 1.54) is 0 Å². The molecule has 0 bridgehead atoms. The molecule has 84 valence electrons. The van der Waals surface area contributed by atoms with Gasteiger partial charge >= 0.3 is 0 Å². The molecule has 1 aliphatic rings. The minimum atomic E-state index is -0.200. The molecule has 0 unspecified atom stereocenters. The van der Waals surface area contributed by atoms with Crippen LogP contribution in [-0.2, 0) is 16.1 Å². The molecule has 2 atom stereocenters. The van der Waals surface area contributed by atoms with E-state index in [-0.39, 0.29) is 12.1 Å². The largest absolute Gasteiger partial charge is 0.376 e. The van der Waals surface area contributed by atoms with Gasteiger partial charge in [0, 0.05) is 4.91 Å². The molecular formula is C11H13N3O2. The van der Waals surface area contributed by atoms with E-state index in [4.69, 9.17) is 15.0 Å². The lowest BCUT2D eigenvalue weighted by molar-refractivity contribution is 0.100. The Morgan fingerprint density at radius 3 is 2.88 bits per heavy atom. The van der Waals surface area contributed by atoms with Gasteiger partial charge in [-0.2, -0.15) is 0 Å². The summed E-state index contributed by atoms with van der Waals surface area (Å²) in [5.74, 6) is 0. The van der Waals surface area contributed by atoms with Crippen LogP contribution >= 0.6 is 0 Å². The van der Waals surface area contributed by atoms with E-state index in [1.807, 2.05) is 30.3 Å². The summed E-state index contributed by atoms with van der Waals surface area (Å²) in [4.78, 5) is 2.79. The van der Waals surface area contributed by atoms with Crippen molar-refractivity contribution in [3.63, 3.8) is 0 Å². The van der Waals surface area contributed by atoms with Crippen molar-refractivity contribution in [2.45, 2.75) is 18.8 Å². The van der Waals surface area contributed by atoms with E-state index in [1.54, 1.807) is 0 Å². The molecule has 5 heteroatoms. The van der Waals surface area contributed by atoms with Gasteiger partial charge in [0.05, 0.1) is 32.0 Å². The van der Waals surface area contributed by atoms with Crippen LogP contribution < -0.4 is 0 Å². The molecule has 1 fully saturated rings. The molecule has 1 aromatic carbocycles. The van der Waals surface area contributed by atoms with Crippen molar-refractivity contribution in [2.75, 3.05) is 13.2 Å². The average Bonchev–Trinajstić information content (AvgIpc) is 3.13. The number of epoxide rings is 1. The second-order valence-corrected chi connectivity index (χ2v) is 3.64. The first-order chi connectivity index (χ1) is 7.90. The summed E-state index contributed by atoms with van der Waals surface area (Å²) in [7, 11) is 0. The Kier molecular flexibility index (Phi) is 3.77. The minimum Gasteiger partial charge on any atom is -0.376 e. The maximum Gasteiger partial charge on any atom is 0.0916 e. The van der Waals surface area contributed by atoms with Crippen LogP contribution in [0, 0.1) is 0 Å². The zero-order chi connectivity index (χ0) is 11.2. The maximum atomic E-state index is 8.38. The predicted octanol–water partition coefficient (Wildman–Crippen LogP) is 2.28. The highest BCUT2D eigenvalue weighted by molar-refractivity contribution is 5.13. The Hall–Kier alpha value is -1.55. The molecule has 0 spiro atoms. The highest BCUT2D eigenvalue weighted by Gasteiger charge is 2.32. The van der Waals surface area contributed by atoms with Crippen LogP contribution in [0.1, 0.15) is 5.56 Å². The third kappa shape index (κ3) is 3.24. The molecule has 1 saturated heterocycles.